The largest absolute Gasteiger partial charge is 0.497 e. The van der Waals surface area contributed by atoms with Crippen LogP contribution in [0.15, 0.2) is 28.8 Å². The van der Waals surface area contributed by atoms with E-state index < -0.39 is 6.10 Å². The van der Waals surface area contributed by atoms with E-state index in [0.717, 1.165) is 0 Å². The molecule has 1 aromatic carbocycles. The van der Waals surface area contributed by atoms with Gasteiger partial charge in [0.15, 0.2) is 17.7 Å². The average molecular weight is 332 g/mol. The van der Waals surface area contributed by atoms with E-state index in [2.05, 4.69) is 10.5 Å². The lowest BCUT2D eigenvalue weighted by Crippen LogP contribution is -2.32. The molecule has 0 saturated heterocycles. The zero-order valence-corrected chi connectivity index (χ0v) is 14.1. The Balaban J connectivity index is 2.19. The molecule has 7 nitrogen and oxygen atoms in total. The number of nitrogens with one attached hydrogen (secondary N) is 1. The Bertz CT molecular complexity index is 738. The third-order valence-electron chi connectivity index (χ3n) is 3.38. The van der Waals surface area contributed by atoms with E-state index in [-0.39, 0.29) is 11.7 Å². The van der Waals surface area contributed by atoms with E-state index >= 15 is 0 Å². The van der Waals surface area contributed by atoms with Gasteiger partial charge in [-0.15, -0.1) is 0 Å². The fourth-order valence-corrected chi connectivity index (χ4v) is 2.13. The molecule has 24 heavy (non-hydrogen) atoms. The third-order valence-corrected chi connectivity index (χ3v) is 3.38. The highest BCUT2D eigenvalue weighted by Crippen LogP contribution is 2.27. The fraction of sp³-hybridized carbons (Fsp3) is 0.353. The number of amides is 1. The number of anilines is 1. The molecule has 1 aromatic heterocycles. The summed E-state index contributed by atoms with van der Waals surface area (Å²) in [6.07, 6.45) is -0.371. The predicted octanol–water partition coefficient (Wildman–Crippen LogP) is 2.99. The molecule has 0 aliphatic heterocycles. The van der Waals surface area contributed by atoms with Crippen LogP contribution in [0.2, 0.25) is 0 Å². The highest BCUT2D eigenvalue weighted by molar-refractivity contribution is 5.97. The van der Waals surface area contributed by atoms with Crippen molar-refractivity contribution in [1.29, 1.82) is 0 Å². The third kappa shape index (κ3) is 4.13. The molecular formula is C17H20N2O5. The summed E-state index contributed by atoms with van der Waals surface area (Å²) in [6.45, 7) is 4.98. The van der Waals surface area contributed by atoms with Crippen molar-refractivity contribution >= 4 is 17.5 Å². The second-order valence-electron chi connectivity index (χ2n) is 5.25. The molecule has 0 aliphatic rings. The van der Waals surface area contributed by atoms with Crippen molar-refractivity contribution in [3.05, 3.63) is 35.6 Å². The Morgan fingerprint density at radius 3 is 2.62 bits per heavy atom. The molecule has 1 amide bonds. The minimum absolute atomic E-state index is 0.157. The van der Waals surface area contributed by atoms with Crippen LogP contribution in [0.1, 0.15) is 36.4 Å². The van der Waals surface area contributed by atoms with Crippen LogP contribution >= 0.6 is 0 Å². The minimum atomic E-state index is -0.785. The molecule has 1 unspecified atom stereocenters. The van der Waals surface area contributed by atoms with Crippen LogP contribution in [0.5, 0.6) is 11.5 Å². The fourth-order valence-electron chi connectivity index (χ4n) is 2.13. The van der Waals surface area contributed by atoms with Crippen molar-refractivity contribution in [3.63, 3.8) is 0 Å². The monoisotopic (exact) mass is 332 g/mol. The number of aryl methyl sites for hydroxylation is 1. The first-order valence-corrected chi connectivity index (χ1v) is 7.54. The van der Waals surface area contributed by atoms with Crippen LogP contribution < -0.4 is 14.8 Å². The van der Waals surface area contributed by atoms with E-state index in [9.17, 15) is 9.59 Å². The summed E-state index contributed by atoms with van der Waals surface area (Å²) in [5.41, 5.74) is 0.388. The molecule has 0 fully saturated rings. The maximum Gasteiger partial charge on any atom is 0.266 e. The molecule has 0 saturated carbocycles. The van der Waals surface area contributed by atoms with Gasteiger partial charge >= 0.3 is 0 Å². The first-order valence-electron chi connectivity index (χ1n) is 7.54. The molecule has 0 spiro atoms. The summed E-state index contributed by atoms with van der Waals surface area (Å²) in [5.74, 6) is 1.22. The van der Waals surface area contributed by atoms with Gasteiger partial charge in [-0.25, -0.2) is 0 Å². The van der Waals surface area contributed by atoms with Crippen LogP contribution in [-0.4, -0.2) is 30.1 Å². The normalized spacial score (nSPS) is 11.7. The van der Waals surface area contributed by atoms with Crippen LogP contribution in [0.4, 0.5) is 5.82 Å². The highest BCUT2D eigenvalue weighted by Gasteiger charge is 2.22. The number of benzene rings is 1. The van der Waals surface area contributed by atoms with Crippen LogP contribution in [0.3, 0.4) is 0 Å². The molecule has 1 heterocycles. The predicted molar refractivity (Wildman–Crippen MR) is 87.6 cm³/mol. The van der Waals surface area contributed by atoms with Crippen molar-refractivity contribution in [3.8, 4) is 11.5 Å². The molecule has 128 valence electrons. The van der Waals surface area contributed by atoms with Gasteiger partial charge in [0.1, 0.15) is 17.3 Å². The van der Waals surface area contributed by atoms with Gasteiger partial charge in [-0.1, -0.05) is 12.1 Å². The SMILES string of the molecule is CCC(Oc1cc(OC)ccc1C(C)=O)C(=O)Nc1cc(C)on1. The van der Waals surface area contributed by atoms with Crippen molar-refractivity contribution in [2.24, 2.45) is 0 Å². The van der Waals surface area contributed by atoms with E-state index in [4.69, 9.17) is 14.0 Å². The van der Waals surface area contributed by atoms with E-state index in [1.807, 2.05) is 6.92 Å². The lowest BCUT2D eigenvalue weighted by Gasteiger charge is -2.18. The number of carbonyl (C=O) groups excluding carboxylic acids is 2. The smallest absolute Gasteiger partial charge is 0.266 e. The molecule has 7 heteroatoms. The zero-order valence-electron chi connectivity index (χ0n) is 14.1. The number of hydrogen-bond donors (Lipinski definition) is 1. The Kier molecular flexibility index (Phi) is 5.57. The van der Waals surface area contributed by atoms with Crippen LogP contribution in [-0.2, 0) is 4.79 Å². The number of aromatic nitrogens is 1. The lowest BCUT2D eigenvalue weighted by molar-refractivity contribution is -0.122. The Labute approximate surface area is 139 Å². The molecule has 1 N–H and O–H groups in total. The molecule has 1 atom stereocenters. The standard InChI is InChI=1S/C17H20N2O5/c1-5-14(17(21)18-16-8-10(2)24-19-16)23-15-9-12(22-4)6-7-13(15)11(3)20/h6-9,14H,5H2,1-4H3,(H,18,19,21). The average Bonchev–Trinajstić information content (AvgIpc) is 2.96. The lowest BCUT2D eigenvalue weighted by atomic mass is 10.1. The zero-order chi connectivity index (χ0) is 17.7. The number of carbonyl (C=O) groups is 2. The van der Waals surface area contributed by atoms with Crippen LogP contribution in [0.25, 0.3) is 0 Å². The number of nitrogens with zero attached hydrogens (tertiary/aromatic N) is 1. The van der Waals surface area contributed by atoms with Crippen molar-refractivity contribution in [1.82, 2.24) is 5.16 Å². The minimum Gasteiger partial charge on any atom is -0.497 e. The molecular weight excluding hydrogens is 312 g/mol. The van der Waals surface area contributed by atoms with Gasteiger partial charge in [-0.05, 0) is 32.4 Å². The quantitative estimate of drug-likeness (QED) is 0.784. The molecule has 2 aromatic rings. The maximum absolute atomic E-state index is 12.4. The summed E-state index contributed by atoms with van der Waals surface area (Å²) < 4.78 is 15.8. The second-order valence-corrected chi connectivity index (χ2v) is 5.25. The number of Topliss-reactive ketones (excluding diaryl/α,β-unsaturated/α-hetero) is 1. The highest BCUT2D eigenvalue weighted by atomic mass is 16.5. The molecule has 0 bridgehead atoms. The van der Waals surface area contributed by atoms with E-state index in [1.54, 1.807) is 31.2 Å². The van der Waals surface area contributed by atoms with Crippen molar-refractivity contribution in [2.75, 3.05) is 12.4 Å². The van der Waals surface area contributed by atoms with Gasteiger partial charge in [-0.3, -0.25) is 9.59 Å². The topological polar surface area (TPSA) is 90.7 Å². The first kappa shape index (κ1) is 17.5. The molecule has 0 aliphatic carbocycles. The van der Waals surface area contributed by atoms with Gasteiger partial charge in [-0.2, -0.15) is 0 Å². The Morgan fingerprint density at radius 2 is 2.08 bits per heavy atom. The summed E-state index contributed by atoms with van der Waals surface area (Å²) in [7, 11) is 1.52. The van der Waals surface area contributed by atoms with E-state index in [0.29, 0.717) is 35.1 Å². The van der Waals surface area contributed by atoms with Crippen LogP contribution in [0, 0.1) is 6.92 Å². The first-order chi connectivity index (χ1) is 11.4. The number of ether oxygens (including phenoxy) is 2. The summed E-state index contributed by atoms with van der Waals surface area (Å²) >= 11 is 0. The number of rotatable bonds is 7. The van der Waals surface area contributed by atoms with Gasteiger partial charge < -0.3 is 19.3 Å². The molecule has 0 radical (unpaired) electrons. The van der Waals surface area contributed by atoms with Crippen molar-refractivity contribution < 1.29 is 23.6 Å². The number of ketones is 1. The van der Waals surface area contributed by atoms with Gasteiger partial charge in [0.05, 0.1) is 12.7 Å². The summed E-state index contributed by atoms with van der Waals surface area (Å²) in [4.78, 5) is 24.1. The second kappa shape index (κ2) is 7.63. The molecule has 2 rings (SSSR count). The maximum atomic E-state index is 12.4. The van der Waals surface area contributed by atoms with Gasteiger partial charge in [0.2, 0.25) is 0 Å². The number of methoxy groups -OCH3 is 1. The summed E-state index contributed by atoms with van der Waals surface area (Å²) in [6, 6.07) is 6.48. The number of hydrogen-bond acceptors (Lipinski definition) is 6. The van der Waals surface area contributed by atoms with Gasteiger partial charge in [0.25, 0.3) is 5.91 Å². The van der Waals surface area contributed by atoms with Gasteiger partial charge in [0, 0.05) is 12.1 Å². The van der Waals surface area contributed by atoms with E-state index in [1.165, 1.54) is 14.0 Å². The Morgan fingerprint density at radius 1 is 1.33 bits per heavy atom. The van der Waals surface area contributed by atoms with Crippen molar-refractivity contribution in [2.45, 2.75) is 33.3 Å². The summed E-state index contributed by atoms with van der Waals surface area (Å²) in [5, 5.41) is 6.34. The Hall–Kier alpha value is -2.83.